The number of Topliss-reactive ketones (excluding diaryl/α,β-unsaturated/α-hetero) is 3. The molecule has 0 rings (SSSR count). The summed E-state index contributed by atoms with van der Waals surface area (Å²) in [6.45, 7) is 14.2. The number of ether oxygens (including phenoxy) is 9. The third-order valence-corrected chi connectivity index (χ3v) is 14.7. The summed E-state index contributed by atoms with van der Waals surface area (Å²) in [5.41, 5.74) is 0. The number of carbonyl (C=O) groups is 12. The van der Waals surface area contributed by atoms with Crippen LogP contribution in [0.25, 0.3) is 0 Å². The average molecular weight is 1470 g/mol. The van der Waals surface area contributed by atoms with Crippen LogP contribution < -0.4 is 0 Å². The highest BCUT2D eigenvalue weighted by atomic mass is 16.6. The average Bonchev–Trinajstić information content (AvgIpc) is 0.967. The summed E-state index contributed by atoms with van der Waals surface area (Å²) >= 11 is 0. The van der Waals surface area contributed by atoms with E-state index in [4.69, 9.17) is 48.1 Å². The number of hydrogen-bond acceptors (Lipinski definition) is 30. The minimum atomic E-state index is -1.05. The maximum atomic E-state index is 12.1. The topological polar surface area (TPSA) is 470 Å². The Hall–Kier alpha value is -6.12. The van der Waals surface area contributed by atoms with Gasteiger partial charge in [0.05, 0.1) is 69.1 Å². The Bertz CT molecular complexity index is 2180. The highest BCUT2D eigenvalue weighted by Gasteiger charge is 2.24. The molecule has 0 aromatic heterocycles. The second-order valence-corrected chi connectivity index (χ2v) is 24.5. The van der Waals surface area contributed by atoms with Crippen molar-refractivity contribution in [1.29, 1.82) is 0 Å². The number of esters is 9. The van der Waals surface area contributed by atoms with E-state index >= 15 is 0 Å². The maximum Gasteiger partial charge on any atom is 0.306 e. The zero-order valence-electron chi connectivity index (χ0n) is 62.4. The summed E-state index contributed by atoms with van der Waals surface area (Å²) in [5.74, 6) is -5.39. The lowest BCUT2D eigenvalue weighted by Gasteiger charge is -2.19. The van der Waals surface area contributed by atoms with Crippen LogP contribution in [0, 0.1) is 0 Å². The minimum Gasteiger partial charge on any atom is -0.463 e. The number of hydrogen-bond donors (Lipinski definition) is 9. The third-order valence-electron chi connectivity index (χ3n) is 14.7. The summed E-state index contributed by atoms with van der Waals surface area (Å²) in [4.78, 5) is 140. The molecule has 8 unspecified atom stereocenters. The van der Waals surface area contributed by atoms with Gasteiger partial charge in [0, 0.05) is 77.0 Å². The van der Waals surface area contributed by atoms with Gasteiger partial charge in [-0.15, -0.1) is 0 Å². The summed E-state index contributed by atoms with van der Waals surface area (Å²) < 4.78 is 45.4. The van der Waals surface area contributed by atoms with Crippen LogP contribution in [0.4, 0.5) is 0 Å². The molecule has 0 aliphatic rings. The molecule has 0 aliphatic carbocycles. The van der Waals surface area contributed by atoms with E-state index in [2.05, 4.69) is 4.74 Å². The van der Waals surface area contributed by atoms with Crippen molar-refractivity contribution in [3.63, 3.8) is 0 Å². The molecule has 9 N–H and O–H groups in total. The first-order valence-corrected chi connectivity index (χ1v) is 36.5. The molecule has 0 spiro atoms. The van der Waals surface area contributed by atoms with Crippen molar-refractivity contribution in [3.8, 4) is 0 Å². The Balaban J connectivity index is -0.000000648. The molecular weight excluding hydrogens is 1340 g/mol. The summed E-state index contributed by atoms with van der Waals surface area (Å²) in [6, 6.07) is 0. The molecule has 0 radical (unpaired) electrons. The van der Waals surface area contributed by atoms with Crippen molar-refractivity contribution >= 4 is 71.1 Å². The largest absolute Gasteiger partial charge is 0.463 e. The van der Waals surface area contributed by atoms with E-state index in [1.807, 2.05) is 41.5 Å². The van der Waals surface area contributed by atoms with Crippen LogP contribution in [0.5, 0.6) is 0 Å². The van der Waals surface area contributed by atoms with Gasteiger partial charge in [0.1, 0.15) is 63.1 Å². The van der Waals surface area contributed by atoms with Crippen LogP contribution in [-0.4, -0.2) is 231 Å². The fourth-order valence-corrected chi connectivity index (χ4v) is 8.52. The first-order valence-electron chi connectivity index (χ1n) is 36.5. The molecular formula is C72H128O30. The Morgan fingerprint density at radius 1 is 0.225 bits per heavy atom. The smallest absolute Gasteiger partial charge is 0.306 e. The predicted molar refractivity (Wildman–Crippen MR) is 370 cm³/mol. The van der Waals surface area contributed by atoms with Crippen LogP contribution in [0.3, 0.4) is 0 Å². The molecule has 0 bridgehead atoms. The normalized spacial score (nSPS) is 13.4. The predicted octanol–water partition coefficient (Wildman–Crippen LogP) is 6.21. The molecule has 0 saturated carbocycles. The number of carbonyl (C=O) groups excluding carboxylic acids is 12. The van der Waals surface area contributed by atoms with E-state index in [9.17, 15) is 93.3 Å². The highest BCUT2D eigenvalue weighted by Crippen LogP contribution is 2.14. The van der Waals surface area contributed by atoms with E-state index in [-0.39, 0.29) is 153 Å². The Morgan fingerprint density at radius 2 is 0.422 bits per heavy atom. The van der Waals surface area contributed by atoms with Crippen molar-refractivity contribution in [2.75, 3.05) is 52.9 Å². The molecule has 0 aromatic carbocycles. The van der Waals surface area contributed by atoms with Crippen molar-refractivity contribution in [1.82, 2.24) is 0 Å². The highest BCUT2D eigenvalue weighted by molar-refractivity contribution is 5.84. The van der Waals surface area contributed by atoms with Gasteiger partial charge in [0.25, 0.3) is 0 Å². The molecule has 8 atom stereocenters. The lowest BCUT2D eigenvalue weighted by molar-refractivity contribution is -0.167. The second-order valence-electron chi connectivity index (χ2n) is 24.5. The van der Waals surface area contributed by atoms with Gasteiger partial charge in [-0.1, -0.05) is 101 Å². The molecule has 0 aliphatic heterocycles. The summed E-state index contributed by atoms with van der Waals surface area (Å²) in [7, 11) is 0. The van der Waals surface area contributed by atoms with Gasteiger partial charge in [-0.25, -0.2) is 0 Å². The zero-order chi connectivity index (χ0) is 78.1. The second kappa shape index (κ2) is 69.3. The van der Waals surface area contributed by atoms with Crippen molar-refractivity contribution in [2.45, 2.75) is 335 Å². The fraction of sp³-hybridized carbons (Fsp3) is 0.833. The molecule has 596 valence electrons. The SMILES string of the molecule is CCC(=O)CCC(=O)OCC(COC(=O)CCC(=O)CC)OC(=O)CCC(=O)CC.CCCC(O)CCC(=O)OCC(CO)OC(=O)CCC(O)CCC.CCCC(O)CCC(=O)OCC(COC(=O)CCC(O)CCC)OC(=O)CCC(O)CCC.CCCC(O)CCC(=O)OCC(O)CO. The molecule has 0 heterocycles. The zero-order valence-corrected chi connectivity index (χ0v) is 62.4. The molecule has 0 aromatic rings. The first-order chi connectivity index (χ1) is 48.4. The van der Waals surface area contributed by atoms with Crippen molar-refractivity contribution < 1.29 is 146 Å². The number of rotatable bonds is 59. The van der Waals surface area contributed by atoms with Crippen LogP contribution in [0.1, 0.15) is 274 Å². The summed E-state index contributed by atoms with van der Waals surface area (Å²) in [5, 5.41) is 84.2. The molecule has 102 heavy (non-hydrogen) atoms. The van der Waals surface area contributed by atoms with Gasteiger partial charge < -0.3 is 88.6 Å². The lowest BCUT2D eigenvalue weighted by Crippen LogP contribution is -2.31. The van der Waals surface area contributed by atoms with E-state index in [1.54, 1.807) is 20.8 Å². The van der Waals surface area contributed by atoms with Gasteiger partial charge in [-0.3, -0.25) is 57.5 Å². The van der Waals surface area contributed by atoms with E-state index < -0.39 is 128 Å². The third kappa shape index (κ3) is 68.3. The van der Waals surface area contributed by atoms with Crippen LogP contribution in [-0.2, 0) is 100 Å². The fourth-order valence-electron chi connectivity index (χ4n) is 8.52. The van der Waals surface area contributed by atoms with Crippen LogP contribution in [0.15, 0.2) is 0 Å². The van der Waals surface area contributed by atoms with Gasteiger partial charge in [-0.05, 0) is 77.0 Å². The Morgan fingerprint density at radius 3 is 0.647 bits per heavy atom. The Kier molecular flexibility index (Phi) is 69.4. The van der Waals surface area contributed by atoms with E-state index in [0.717, 1.165) is 38.5 Å². The van der Waals surface area contributed by atoms with Gasteiger partial charge >= 0.3 is 53.7 Å². The van der Waals surface area contributed by atoms with Crippen LogP contribution >= 0.6 is 0 Å². The monoisotopic (exact) mass is 1470 g/mol. The van der Waals surface area contributed by atoms with E-state index in [0.29, 0.717) is 77.0 Å². The van der Waals surface area contributed by atoms with Gasteiger partial charge in [0.2, 0.25) is 0 Å². The lowest BCUT2D eigenvalue weighted by atomic mass is 10.1. The van der Waals surface area contributed by atoms with Crippen molar-refractivity contribution in [3.05, 3.63) is 0 Å². The van der Waals surface area contributed by atoms with Crippen LogP contribution in [0.2, 0.25) is 0 Å². The molecule has 0 saturated heterocycles. The molecule has 30 heteroatoms. The number of aliphatic hydroxyl groups excluding tert-OH is 9. The standard InChI is InChI=1S/C24H44O9.C21H32O9.C17H32O7.C10H20O5/c1-4-7-18(25)10-13-22(28)31-16-21(33-24(30)15-12-20(27)9-6-3)17-32-23(29)14-11-19(26)8-5-2;1-4-15(22)7-10-19(25)28-13-18(30-21(27)12-9-17(24)6-3)14-29-20(26)11-8-16(23)5-2;1-3-5-13(19)7-9-16(21)23-12-15(11-18)24-17(22)10-8-14(20)6-4-2;1-2-3-8(12)4-5-10(14)15-7-9(13)6-11/h18-21,25-27H,4-17H2,1-3H3;18H,4-14H2,1-3H3;13-15,18-20H,3-12H2,1-2H3;8-9,11-13H,2-7H2,1H3. The minimum absolute atomic E-state index is 0.00796. The molecule has 0 amide bonds. The maximum absolute atomic E-state index is 12.1. The summed E-state index contributed by atoms with van der Waals surface area (Å²) in [6.07, 6.45) is 4.31. The molecule has 0 fully saturated rings. The first kappa shape index (κ1) is 102. The Labute approximate surface area is 603 Å². The van der Waals surface area contributed by atoms with Gasteiger partial charge in [0.15, 0.2) is 18.3 Å². The number of aliphatic hydroxyl groups is 9. The molecule has 30 nitrogen and oxygen atoms in total. The number of ketones is 3. The van der Waals surface area contributed by atoms with Gasteiger partial charge in [-0.2, -0.15) is 0 Å². The van der Waals surface area contributed by atoms with E-state index in [1.165, 1.54) is 0 Å². The van der Waals surface area contributed by atoms with Crippen molar-refractivity contribution in [2.24, 2.45) is 0 Å². The quantitative estimate of drug-likeness (QED) is 0.0241.